The van der Waals surface area contributed by atoms with Crippen molar-refractivity contribution in [1.29, 1.82) is 0 Å². The lowest BCUT2D eigenvalue weighted by Gasteiger charge is -2.03. The molecule has 1 aromatic rings. The van der Waals surface area contributed by atoms with Crippen LogP contribution in [0.2, 0.25) is 0 Å². The predicted octanol–water partition coefficient (Wildman–Crippen LogP) is 2.11. The lowest BCUT2D eigenvalue weighted by Crippen LogP contribution is -2.00. The minimum absolute atomic E-state index is 0.214. The number of thioether (sulfide) groups is 1. The Morgan fingerprint density at radius 1 is 1.67 bits per heavy atom. The van der Waals surface area contributed by atoms with Gasteiger partial charge in [0.2, 0.25) is 0 Å². The molecular weight excluding hydrogens is 212 g/mol. The van der Waals surface area contributed by atoms with Gasteiger partial charge >= 0.3 is 5.97 Å². The molecule has 1 N–H and O–H groups in total. The van der Waals surface area contributed by atoms with E-state index < -0.39 is 5.97 Å². The molecule has 1 heterocycles. The van der Waals surface area contributed by atoms with Gasteiger partial charge in [0.15, 0.2) is 5.69 Å². The summed E-state index contributed by atoms with van der Waals surface area (Å²) in [4.78, 5) is 15.2. The maximum absolute atomic E-state index is 11.0. The highest BCUT2D eigenvalue weighted by molar-refractivity contribution is 7.99. The van der Waals surface area contributed by atoms with Crippen molar-refractivity contribution in [3.05, 3.63) is 11.5 Å². The van der Waals surface area contributed by atoms with Crippen LogP contribution in [-0.4, -0.2) is 26.4 Å². The third-order valence-corrected chi connectivity index (χ3v) is 3.53. The molecule has 0 bridgehead atoms. The normalized spacial score (nSPS) is 15.6. The quantitative estimate of drug-likeness (QED) is 0.799. The van der Waals surface area contributed by atoms with E-state index >= 15 is 0 Å². The summed E-state index contributed by atoms with van der Waals surface area (Å²) < 4.78 is 1.94. The largest absolute Gasteiger partial charge is 0.476 e. The molecule has 1 saturated carbocycles. The standard InChI is InChI=1S/C10H14N2O2S/c1-3-15-9-7(10(13)14)11-8(12(9)2)6-4-5-6/h6H,3-5H2,1-2H3,(H,13,14). The number of carboxylic acid groups (broad SMARTS) is 1. The Hall–Kier alpha value is -0.970. The molecule has 0 saturated heterocycles. The van der Waals surface area contributed by atoms with Gasteiger partial charge < -0.3 is 9.67 Å². The van der Waals surface area contributed by atoms with Crippen molar-refractivity contribution < 1.29 is 9.90 Å². The van der Waals surface area contributed by atoms with Crippen LogP contribution in [0.1, 0.15) is 42.0 Å². The molecule has 15 heavy (non-hydrogen) atoms. The van der Waals surface area contributed by atoms with Crippen molar-refractivity contribution in [3.8, 4) is 0 Å². The summed E-state index contributed by atoms with van der Waals surface area (Å²) in [5.41, 5.74) is 0.214. The van der Waals surface area contributed by atoms with Crippen molar-refractivity contribution >= 4 is 17.7 Å². The average molecular weight is 226 g/mol. The molecule has 0 atom stereocenters. The predicted molar refractivity (Wildman–Crippen MR) is 58.5 cm³/mol. The van der Waals surface area contributed by atoms with Gasteiger partial charge in [-0.2, -0.15) is 0 Å². The highest BCUT2D eigenvalue weighted by Crippen LogP contribution is 2.41. The first kappa shape index (κ1) is 10.5. The van der Waals surface area contributed by atoms with Crippen LogP contribution < -0.4 is 0 Å². The number of aromatic carboxylic acids is 1. The summed E-state index contributed by atoms with van der Waals surface area (Å²) in [5.74, 6) is 1.36. The van der Waals surface area contributed by atoms with E-state index in [4.69, 9.17) is 5.11 Å². The number of nitrogens with zero attached hydrogens (tertiary/aromatic N) is 2. The maximum Gasteiger partial charge on any atom is 0.357 e. The van der Waals surface area contributed by atoms with Gasteiger partial charge in [-0.3, -0.25) is 0 Å². The summed E-state index contributed by atoms with van der Waals surface area (Å²) >= 11 is 1.54. The van der Waals surface area contributed by atoms with E-state index in [1.807, 2.05) is 18.5 Å². The van der Waals surface area contributed by atoms with Crippen LogP contribution in [0.5, 0.6) is 0 Å². The second kappa shape index (κ2) is 3.89. The number of rotatable bonds is 4. The zero-order valence-electron chi connectivity index (χ0n) is 8.86. The van der Waals surface area contributed by atoms with Crippen molar-refractivity contribution in [3.63, 3.8) is 0 Å². The number of imidazole rings is 1. The van der Waals surface area contributed by atoms with E-state index in [9.17, 15) is 4.79 Å². The van der Waals surface area contributed by atoms with E-state index in [1.54, 1.807) is 11.8 Å². The fourth-order valence-corrected chi connectivity index (χ4v) is 2.48. The van der Waals surface area contributed by atoms with Crippen LogP contribution in [0.4, 0.5) is 0 Å². The molecule has 0 radical (unpaired) electrons. The monoisotopic (exact) mass is 226 g/mol. The maximum atomic E-state index is 11.0. The Bertz CT molecular complexity index is 396. The molecule has 4 nitrogen and oxygen atoms in total. The minimum Gasteiger partial charge on any atom is -0.476 e. The van der Waals surface area contributed by atoms with Crippen LogP contribution >= 0.6 is 11.8 Å². The van der Waals surface area contributed by atoms with Crippen LogP contribution in [-0.2, 0) is 7.05 Å². The third kappa shape index (κ3) is 1.88. The Labute approximate surface area is 92.7 Å². The number of hydrogen-bond donors (Lipinski definition) is 1. The lowest BCUT2D eigenvalue weighted by atomic mass is 10.4. The van der Waals surface area contributed by atoms with Crippen LogP contribution in [0, 0.1) is 0 Å². The molecule has 2 rings (SSSR count). The Kier molecular flexibility index (Phi) is 2.73. The summed E-state index contributed by atoms with van der Waals surface area (Å²) in [6.07, 6.45) is 2.28. The number of carboxylic acids is 1. The smallest absolute Gasteiger partial charge is 0.357 e. The summed E-state index contributed by atoms with van der Waals surface area (Å²) in [5, 5.41) is 9.83. The van der Waals surface area contributed by atoms with Crippen LogP contribution in [0.15, 0.2) is 5.03 Å². The van der Waals surface area contributed by atoms with Crippen LogP contribution in [0.3, 0.4) is 0 Å². The fraction of sp³-hybridized carbons (Fsp3) is 0.600. The summed E-state index contributed by atoms with van der Waals surface area (Å²) in [7, 11) is 1.91. The molecule has 0 amide bonds. The van der Waals surface area contributed by atoms with E-state index in [2.05, 4.69) is 4.98 Å². The van der Waals surface area contributed by atoms with Gasteiger partial charge in [0, 0.05) is 13.0 Å². The number of aromatic nitrogens is 2. The molecule has 82 valence electrons. The van der Waals surface area contributed by atoms with Gasteiger partial charge in [0.1, 0.15) is 10.9 Å². The first-order valence-electron chi connectivity index (χ1n) is 5.07. The highest BCUT2D eigenvalue weighted by atomic mass is 32.2. The van der Waals surface area contributed by atoms with Crippen LogP contribution in [0.25, 0.3) is 0 Å². The summed E-state index contributed by atoms with van der Waals surface area (Å²) in [6, 6.07) is 0. The molecule has 5 heteroatoms. The van der Waals surface area contributed by atoms with Gasteiger partial charge in [-0.05, 0) is 18.6 Å². The zero-order valence-corrected chi connectivity index (χ0v) is 9.67. The molecule has 1 fully saturated rings. The second-order valence-corrected chi connectivity index (χ2v) is 4.95. The van der Waals surface area contributed by atoms with Gasteiger partial charge in [0.05, 0.1) is 0 Å². The lowest BCUT2D eigenvalue weighted by molar-refractivity contribution is 0.0686. The first-order chi connectivity index (χ1) is 7.15. The molecular formula is C10H14N2O2S. The van der Waals surface area contributed by atoms with E-state index in [-0.39, 0.29) is 5.69 Å². The van der Waals surface area contributed by atoms with Gasteiger partial charge in [0.25, 0.3) is 0 Å². The number of hydrogen-bond acceptors (Lipinski definition) is 3. The molecule has 0 aromatic carbocycles. The van der Waals surface area contributed by atoms with Crippen molar-refractivity contribution in [2.24, 2.45) is 7.05 Å². The fourth-order valence-electron chi connectivity index (χ4n) is 1.65. The highest BCUT2D eigenvalue weighted by Gasteiger charge is 2.31. The van der Waals surface area contributed by atoms with Gasteiger partial charge in [-0.1, -0.05) is 6.92 Å². The topological polar surface area (TPSA) is 55.1 Å². The molecule has 0 spiro atoms. The average Bonchev–Trinajstić information content (AvgIpc) is 2.95. The third-order valence-electron chi connectivity index (χ3n) is 2.50. The Morgan fingerprint density at radius 2 is 2.33 bits per heavy atom. The zero-order chi connectivity index (χ0) is 11.0. The molecule has 1 aliphatic rings. The molecule has 1 aromatic heterocycles. The molecule has 0 unspecified atom stereocenters. The van der Waals surface area contributed by atoms with Crippen molar-refractivity contribution in [2.75, 3.05) is 5.75 Å². The van der Waals surface area contributed by atoms with Crippen molar-refractivity contribution in [1.82, 2.24) is 9.55 Å². The summed E-state index contributed by atoms with van der Waals surface area (Å²) in [6.45, 7) is 2.01. The molecule has 1 aliphatic carbocycles. The Morgan fingerprint density at radius 3 is 2.80 bits per heavy atom. The van der Waals surface area contributed by atoms with E-state index in [1.165, 1.54) is 0 Å². The van der Waals surface area contributed by atoms with Crippen molar-refractivity contribution in [2.45, 2.75) is 30.7 Å². The Balaban J connectivity index is 2.43. The first-order valence-corrected chi connectivity index (χ1v) is 6.06. The van der Waals surface area contributed by atoms with E-state index in [0.717, 1.165) is 29.4 Å². The number of carbonyl (C=O) groups is 1. The van der Waals surface area contributed by atoms with Gasteiger partial charge in [-0.25, -0.2) is 9.78 Å². The van der Waals surface area contributed by atoms with Gasteiger partial charge in [-0.15, -0.1) is 11.8 Å². The molecule has 0 aliphatic heterocycles. The SMILES string of the molecule is CCSc1c(C(=O)O)nc(C2CC2)n1C. The minimum atomic E-state index is -0.923. The second-order valence-electron chi connectivity index (χ2n) is 3.70. The van der Waals surface area contributed by atoms with E-state index in [0.29, 0.717) is 5.92 Å².